The Morgan fingerprint density at radius 3 is 2.60 bits per heavy atom. The van der Waals surface area contributed by atoms with Crippen LogP contribution in [0, 0.1) is 5.92 Å². The maximum atomic E-state index is 11.7. The van der Waals surface area contributed by atoms with Crippen LogP contribution in [-0.4, -0.2) is 37.2 Å². The molecule has 0 aromatic carbocycles. The van der Waals surface area contributed by atoms with Crippen LogP contribution in [0.4, 0.5) is 0 Å². The van der Waals surface area contributed by atoms with Crippen LogP contribution in [0.25, 0.3) is 0 Å². The van der Waals surface area contributed by atoms with Crippen molar-refractivity contribution >= 4 is 11.9 Å². The van der Waals surface area contributed by atoms with E-state index in [2.05, 4.69) is 11.9 Å². The molecule has 0 aliphatic heterocycles. The molecule has 1 aliphatic rings. The Bertz CT molecular complexity index is 414. The lowest BCUT2D eigenvalue weighted by molar-refractivity contribution is -0.136. The molecule has 0 unspecified atom stereocenters. The van der Waals surface area contributed by atoms with Crippen LogP contribution in [0.2, 0.25) is 0 Å². The summed E-state index contributed by atoms with van der Waals surface area (Å²) in [6, 6.07) is -0.221. The minimum atomic E-state index is -0.371. The molecule has 0 radical (unpaired) electrons. The van der Waals surface area contributed by atoms with Gasteiger partial charge in [-0.2, -0.15) is 0 Å². The number of methoxy groups -OCH3 is 1. The van der Waals surface area contributed by atoms with Crippen LogP contribution >= 0.6 is 0 Å². The van der Waals surface area contributed by atoms with Gasteiger partial charge in [0.25, 0.3) is 0 Å². The van der Waals surface area contributed by atoms with Crippen molar-refractivity contribution < 1.29 is 19.1 Å². The van der Waals surface area contributed by atoms with E-state index in [1.54, 1.807) is 12.2 Å². The number of carbonyl (C=O) groups is 2. The van der Waals surface area contributed by atoms with Gasteiger partial charge in [-0.15, -0.1) is 6.58 Å². The summed E-state index contributed by atoms with van der Waals surface area (Å²) in [7, 11) is 1.35. The Morgan fingerprint density at radius 2 is 2.15 bits per heavy atom. The van der Waals surface area contributed by atoms with Crippen molar-refractivity contribution in [3.63, 3.8) is 0 Å². The summed E-state index contributed by atoms with van der Waals surface area (Å²) in [5, 5.41) is 2.88. The second-order valence-corrected chi connectivity index (χ2v) is 5.16. The fourth-order valence-electron chi connectivity index (χ4n) is 2.37. The van der Waals surface area contributed by atoms with Gasteiger partial charge in [0.2, 0.25) is 5.91 Å². The lowest BCUT2D eigenvalue weighted by Gasteiger charge is -2.36. The largest absolute Gasteiger partial charge is 0.466 e. The Hall–Kier alpha value is -1.62. The van der Waals surface area contributed by atoms with E-state index in [-0.39, 0.29) is 36.0 Å². The molecule has 1 aliphatic carbocycles. The summed E-state index contributed by atoms with van der Waals surface area (Å²) in [6.45, 7) is 9.07. The molecule has 0 saturated heterocycles. The zero-order valence-corrected chi connectivity index (χ0v) is 12.5. The highest BCUT2D eigenvalue weighted by atomic mass is 16.5. The number of ether oxygens (including phenoxy) is 2. The van der Waals surface area contributed by atoms with Crippen molar-refractivity contribution in [1.29, 1.82) is 0 Å². The first-order chi connectivity index (χ1) is 9.38. The number of nitrogens with one attached hydrogen (secondary N) is 1. The third kappa shape index (κ3) is 4.20. The summed E-state index contributed by atoms with van der Waals surface area (Å²) in [5.41, 5.74) is 0.560. The molecule has 5 heteroatoms. The maximum Gasteiger partial charge on any atom is 0.333 e. The Labute approximate surface area is 120 Å². The van der Waals surface area contributed by atoms with Crippen molar-refractivity contribution in [2.75, 3.05) is 7.11 Å². The molecule has 0 heterocycles. The van der Waals surface area contributed by atoms with Gasteiger partial charge in [-0.3, -0.25) is 4.79 Å². The molecule has 0 spiro atoms. The van der Waals surface area contributed by atoms with Gasteiger partial charge in [0.15, 0.2) is 0 Å². The summed E-state index contributed by atoms with van der Waals surface area (Å²) < 4.78 is 10.6. The van der Waals surface area contributed by atoms with E-state index in [1.165, 1.54) is 14.0 Å². The highest BCUT2D eigenvalue weighted by Crippen LogP contribution is 2.29. The van der Waals surface area contributed by atoms with Crippen molar-refractivity contribution in [3.05, 3.63) is 24.3 Å². The Kier molecular flexibility index (Phi) is 5.95. The SMILES string of the molecule is C=C[C@@H]1CC(C(=O)OC)=C[C@@H](OC(C)C)[C@@H]1NC(C)=O. The van der Waals surface area contributed by atoms with Gasteiger partial charge in [-0.1, -0.05) is 6.08 Å². The van der Waals surface area contributed by atoms with E-state index in [0.29, 0.717) is 12.0 Å². The van der Waals surface area contributed by atoms with Gasteiger partial charge in [-0.05, 0) is 26.3 Å². The molecule has 0 aromatic heterocycles. The quantitative estimate of drug-likeness (QED) is 0.614. The molecule has 3 atom stereocenters. The standard InChI is InChI=1S/C15H23NO4/c1-6-11-7-12(15(18)19-5)8-13(20-9(2)3)14(11)16-10(4)17/h6,8-9,11,13-14H,1,7H2,2-5H3,(H,16,17)/t11-,13-,14-/m1/s1. The molecule has 5 nitrogen and oxygen atoms in total. The van der Waals surface area contributed by atoms with Gasteiger partial charge in [0.1, 0.15) is 0 Å². The normalized spacial score (nSPS) is 25.9. The third-order valence-electron chi connectivity index (χ3n) is 3.19. The van der Waals surface area contributed by atoms with Crippen molar-refractivity contribution in [3.8, 4) is 0 Å². The van der Waals surface area contributed by atoms with Crippen LogP contribution < -0.4 is 5.32 Å². The second kappa shape index (κ2) is 7.24. The first kappa shape index (κ1) is 16.4. The van der Waals surface area contributed by atoms with Crippen molar-refractivity contribution in [2.45, 2.75) is 45.4 Å². The van der Waals surface area contributed by atoms with Crippen molar-refractivity contribution in [1.82, 2.24) is 5.32 Å². The van der Waals surface area contributed by atoms with E-state index >= 15 is 0 Å². The smallest absolute Gasteiger partial charge is 0.333 e. The summed E-state index contributed by atoms with van der Waals surface area (Å²) in [5.74, 6) is -0.564. The first-order valence-corrected chi connectivity index (χ1v) is 6.73. The van der Waals surface area contributed by atoms with Gasteiger partial charge in [0, 0.05) is 18.4 Å². The first-order valence-electron chi connectivity index (χ1n) is 6.73. The maximum absolute atomic E-state index is 11.7. The minimum Gasteiger partial charge on any atom is -0.466 e. The molecule has 0 aromatic rings. The predicted octanol–water partition coefficient (Wildman–Crippen LogP) is 1.59. The number of esters is 1. The third-order valence-corrected chi connectivity index (χ3v) is 3.19. The number of amides is 1. The zero-order chi connectivity index (χ0) is 15.3. The van der Waals surface area contributed by atoms with E-state index in [0.717, 1.165) is 0 Å². The van der Waals surface area contributed by atoms with Crippen LogP contribution in [0.1, 0.15) is 27.2 Å². The molecule has 1 amide bonds. The molecule has 1 rings (SSSR count). The number of hydrogen-bond donors (Lipinski definition) is 1. The van der Waals surface area contributed by atoms with E-state index < -0.39 is 0 Å². The monoisotopic (exact) mass is 281 g/mol. The fraction of sp³-hybridized carbons (Fsp3) is 0.600. The topological polar surface area (TPSA) is 64.6 Å². The van der Waals surface area contributed by atoms with Crippen LogP contribution in [0.15, 0.2) is 24.3 Å². The summed E-state index contributed by atoms with van der Waals surface area (Å²) in [6.07, 6.45) is 3.58. The van der Waals surface area contributed by atoms with Gasteiger partial charge < -0.3 is 14.8 Å². The van der Waals surface area contributed by atoms with Gasteiger partial charge in [-0.25, -0.2) is 4.79 Å². The number of carbonyl (C=O) groups excluding carboxylic acids is 2. The molecule has 0 saturated carbocycles. The Balaban J connectivity index is 3.06. The van der Waals surface area contributed by atoms with E-state index in [9.17, 15) is 9.59 Å². The molecular weight excluding hydrogens is 258 g/mol. The van der Waals surface area contributed by atoms with Crippen LogP contribution in [0.5, 0.6) is 0 Å². The van der Waals surface area contributed by atoms with Gasteiger partial charge >= 0.3 is 5.97 Å². The average Bonchev–Trinajstić information content (AvgIpc) is 2.38. The lowest BCUT2D eigenvalue weighted by Crippen LogP contribution is -2.50. The minimum absolute atomic E-state index is 0.0185. The second-order valence-electron chi connectivity index (χ2n) is 5.16. The van der Waals surface area contributed by atoms with Crippen LogP contribution in [0.3, 0.4) is 0 Å². The summed E-state index contributed by atoms with van der Waals surface area (Å²) >= 11 is 0. The molecule has 1 N–H and O–H groups in total. The molecule has 112 valence electrons. The average molecular weight is 281 g/mol. The number of hydrogen-bond acceptors (Lipinski definition) is 4. The van der Waals surface area contributed by atoms with E-state index in [1.807, 2.05) is 13.8 Å². The highest BCUT2D eigenvalue weighted by molar-refractivity contribution is 5.89. The summed E-state index contributed by atoms with van der Waals surface area (Å²) in [4.78, 5) is 23.1. The molecule has 0 bridgehead atoms. The Morgan fingerprint density at radius 1 is 1.50 bits per heavy atom. The number of rotatable bonds is 5. The van der Waals surface area contributed by atoms with Gasteiger partial charge in [0.05, 0.1) is 25.4 Å². The van der Waals surface area contributed by atoms with Crippen LogP contribution in [-0.2, 0) is 19.1 Å². The molecular formula is C15H23NO4. The zero-order valence-electron chi connectivity index (χ0n) is 12.5. The lowest BCUT2D eigenvalue weighted by atomic mass is 9.82. The highest BCUT2D eigenvalue weighted by Gasteiger charge is 2.35. The predicted molar refractivity (Wildman–Crippen MR) is 76.0 cm³/mol. The van der Waals surface area contributed by atoms with E-state index in [4.69, 9.17) is 9.47 Å². The fourth-order valence-corrected chi connectivity index (χ4v) is 2.37. The molecule has 20 heavy (non-hydrogen) atoms. The van der Waals surface area contributed by atoms with Crippen molar-refractivity contribution in [2.24, 2.45) is 5.92 Å². The molecule has 0 fully saturated rings.